The van der Waals surface area contributed by atoms with E-state index in [9.17, 15) is 4.79 Å². The maximum atomic E-state index is 10.7. The quantitative estimate of drug-likeness (QED) is 0.608. The highest BCUT2D eigenvalue weighted by atomic mass is 16.2. The van der Waals surface area contributed by atoms with E-state index in [1.54, 1.807) is 0 Å². The van der Waals surface area contributed by atoms with Crippen molar-refractivity contribution in [2.75, 3.05) is 0 Å². The zero-order valence-electron chi connectivity index (χ0n) is 7.16. The molecule has 12 heavy (non-hydrogen) atoms. The van der Waals surface area contributed by atoms with Gasteiger partial charge in [-0.1, -0.05) is 0 Å². The van der Waals surface area contributed by atoms with E-state index in [4.69, 9.17) is 0 Å². The molecule has 0 spiro atoms. The molecule has 2 rings (SSSR count). The van der Waals surface area contributed by atoms with Crippen molar-refractivity contribution in [3.05, 3.63) is 17.5 Å². The van der Waals surface area contributed by atoms with Gasteiger partial charge in [-0.05, 0) is 6.92 Å². The van der Waals surface area contributed by atoms with Crippen molar-refractivity contribution in [3.8, 4) is 0 Å². The molecule has 4 heteroatoms. The lowest BCUT2D eigenvalue weighted by atomic mass is 9.98. The molecular weight excluding hydrogens is 154 g/mol. The predicted molar refractivity (Wildman–Crippen MR) is 43.4 cm³/mol. The molecule has 1 aliphatic rings. The van der Waals surface area contributed by atoms with Crippen LogP contribution in [-0.4, -0.2) is 15.7 Å². The van der Waals surface area contributed by atoms with Crippen molar-refractivity contribution in [2.24, 2.45) is 7.05 Å². The smallest absolute Gasteiger partial charge is 0.222 e. The summed E-state index contributed by atoms with van der Waals surface area (Å²) in [5, 5.41) is 6.93. The number of nitrogens with zero attached hydrogens (tertiary/aromatic N) is 2. The topological polar surface area (TPSA) is 46.9 Å². The first-order valence-corrected chi connectivity index (χ1v) is 3.96. The molecule has 0 bridgehead atoms. The van der Waals surface area contributed by atoms with Crippen LogP contribution in [0.3, 0.4) is 0 Å². The van der Waals surface area contributed by atoms with Gasteiger partial charge in [-0.15, -0.1) is 0 Å². The van der Waals surface area contributed by atoms with Gasteiger partial charge in [0.15, 0.2) is 0 Å². The Kier molecular flexibility index (Phi) is 1.43. The van der Waals surface area contributed by atoms with Crippen LogP contribution in [0.2, 0.25) is 0 Å². The maximum absolute atomic E-state index is 10.7. The number of hydrogen-bond donors (Lipinski definition) is 1. The van der Waals surface area contributed by atoms with Crippen LogP contribution < -0.4 is 5.32 Å². The predicted octanol–water partition coefficient (Wildman–Crippen LogP) is 0.290. The van der Waals surface area contributed by atoms with Crippen molar-refractivity contribution in [3.63, 3.8) is 0 Å². The average Bonchev–Trinajstić information content (AvgIpc) is 2.28. The molecule has 1 aromatic heterocycles. The Bertz CT molecular complexity index is 321. The molecule has 64 valence electrons. The molecule has 2 heterocycles. The third-order valence-corrected chi connectivity index (χ3v) is 2.37. The summed E-state index contributed by atoms with van der Waals surface area (Å²) in [6, 6.07) is 0.200. The standard InChI is InChI=1S/C8H11N3O/c1-5-6(4-9-11(5)2)7-3-8(12)10-7/h4,7H,3H2,1-2H3,(H,10,12). The van der Waals surface area contributed by atoms with Gasteiger partial charge in [0.1, 0.15) is 0 Å². The molecular formula is C8H11N3O. The minimum atomic E-state index is 0.128. The number of carbonyl (C=O) groups excluding carboxylic acids is 1. The number of nitrogens with one attached hydrogen (secondary N) is 1. The Hall–Kier alpha value is -1.32. The first-order chi connectivity index (χ1) is 5.68. The van der Waals surface area contributed by atoms with Gasteiger partial charge in [-0.3, -0.25) is 9.48 Å². The molecule has 0 aromatic carbocycles. The molecule has 1 saturated heterocycles. The number of aryl methyl sites for hydroxylation is 1. The molecule has 0 saturated carbocycles. The van der Waals surface area contributed by atoms with Gasteiger partial charge in [0.25, 0.3) is 0 Å². The molecule has 1 fully saturated rings. The van der Waals surface area contributed by atoms with Gasteiger partial charge in [0, 0.05) is 18.3 Å². The van der Waals surface area contributed by atoms with E-state index in [-0.39, 0.29) is 11.9 Å². The normalized spacial score (nSPS) is 21.8. The summed E-state index contributed by atoms with van der Waals surface area (Å²) in [5.74, 6) is 0.128. The highest BCUT2D eigenvalue weighted by Crippen LogP contribution is 2.25. The van der Waals surface area contributed by atoms with Crippen LogP contribution in [0.4, 0.5) is 0 Å². The number of aromatic nitrogens is 2. The molecule has 1 aromatic rings. The fraction of sp³-hybridized carbons (Fsp3) is 0.500. The molecule has 1 aliphatic heterocycles. The van der Waals surface area contributed by atoms with E-state index in [0.717, 1.165) is 11.3 Å². The number of β-lactam (4-membered cyclic amide) rings is 1. The first kappa shape index (κ1) is 7.34. The second-order valence-corrected chi connectivity index (χ2v) is 3.13. The summed E-state index contributed by atoms with van der Waals surface area (Å²) in [6.45, 7) is 2.01. The van der Waals surface area contributed by atoms with Gasteiger partial charge in [0.2, 0.25) is 5.91 Å². The van der Waals surface area contributed by atoms with E-state index >= 15 is 0 Å². The molecule has 1 atom stereocenters. The van der Waals surface area contributed by atoms with Crippen LogP contribution in [0, 0.1) is 6.92 Å². The van der Waals surface area contributed by atoms with Crippen molar-refractivity contribution < 1.29 is 4.79 Å². The molecule has 4 nitrogen and oxygen atoms in total. The Morgan fingerprint density at radius 1 is 1.75 bits per heavy atom. The van der Waals surface area contributed by atoms with Crippen molar-refractivity contribution in [1.29, 1.82) is 0 Å². The molecule has 1 unspecified atom stereocenters. The van der Waals surface area contributed by atoms with Gasteiger partial charge >= 0.3 is 0 Å². The minimum Gasteiger partial charge on any atom is -0.349 e. The van der Waals surface area contributed by atoms with E-state index in [1.165, 1.54) is 0 Å². The average molecular weight is 165 g/mol. The summed E-state index contributed by atoms with van der Waals surface area (Å²) in [4.78, 5) is 10.7. The van der Waals surface area contributed by atoms with Crippen LogP contribution in [0.1, 0.15) is 23.7 Å². The van der Waals surface area contributed by atoms with E-state index in [2.05, 4.69) is 10.4 Å². The zero-order chi connectivity index (χ0) is 8.72. The highest BCUT2D eigenvalue weighted by Gasteiger charge is 2.29. The third-order valence-electron chi connectivity index (χ3n) is 2.37. The zero-order valence-corrected chi connectivity index (χ0v) is 7.16. The SMILES string of the molecule is Cc1c(C2CC(=O)N2)cnn1C. The Morgan fingerprint density at radius 2 is 2.42 bits per heavy atom. The van der Waals surface area contributed by atoms with Crippen LogP contribution in [0.15, 0.2) is 6.20 Å². The van der Waals surface area contributed by atoms with E-state index < -0.39 is 0 Å². The summed E-state index contributed by atoms with van der Waals surface area (Å²) in [7, 11) is 1.90. The summed E-state index contributed by atoms with van der Waals surface area (Å²) >= 11 is 0. The number of hydrogen-bond acceptors (Lipinski definition) is 2. The van der Waals surface area contributed by atoms with Crippen LogP contribution in [0.25, 0.3) is 0 Å². The summed E-state index contributed by atoms with van der Waals surface area (Å²) in [6.07, 6.45) is 2.42. The maximum Gasteiger partial charge on any atom is 0.222 e. The second kappa shape index (κ2) is 2.33. The molecule has 0 radical (unpaired) electrons. The van der Waals surface area contributed by atoms with Crippen LogP contribution >= 0.6 is 0 Å². The number of rotatable bonds is 1. The van der Waals surface area contributed by atoms with Crippen LogP contribution in [-0.2, 0) is 11.8 Å². The van der Waals surface area contributed by atoms with Crippen LogP contribution in [0.5, 0.6) is 0 Å². The van der Waals surface area contributed by atoms with E-state index in [0.29, 0.717) is 6.42 Å². The van der Waals surface area contributed by atoms with Crippen molar-refractivity contribution in [2.45, 2.75) is 19.4 Å². The summed E-state index contributed by atoms with van der Waals surface area (Å²) in [5.41, 5.74) is 2.26. The van der Waals surface area contributed by atoms with Crippen molar-refractivity contribution >= 4 is 5.91 Å². The molecule has 1 amide bonds. The Balaban J connectivity index is 2.23. The lowest BCUT2D eigenvalue weighted by Gasteiger charge is -2.26. The molecule has 0 aliphatic carbocycles. The molecule has 1 N–H and O–H groups in total. The monoisotopic (exact) mass is 165 g/mol. The van der Waals surface area contributed by atoms with E-state index in [1.807, 2.05) is 24.9 Å². The third kappa shape index (κ3) is 0.913. The Labute approximate surface area is 70.6 Å². The highest BCUT2D eigenvalue weighted by molar-refractivity contribution is 5.83. The summed E-state index contributed by atoms with van der Waals surface area (Å²) < 4.78 is 1.82. The second-order valence-electron chi connectivity index (χ2n) is 3.13. The fourth-order valence-electron chi connectivity index (χ4n) is 1.40. The van der Waals surface area contributed by atoms with Gasteiger partial charge in [0.05, 0.1) is 18.7 Å². The lowest BCUT2D eigenvalue weighted by molar-refractivity contribution is -0.128. The van der Waals surface area contributed by atoms with Gasteiger partial charge in [-0.2, -0.15) is 5.10 Å². The largest absolute Gasteiger partial charge is 0.349 e. The van der Waals surface area contributed by atoms with Gasteiger partial charge in [-0.25, -0.2) is 0 Å². The fourth-order valence-corrected chi connectivity index (χ4v) is 1.40. The van der Waals surface area contributed by atoms with Crippen molar-refractivity contribution in [1.82, 2.24) is 15.1 Å². The minimum absolute atomic E-state index is 0.128. The number of carbonyl (C=O) groups is 1. The first-order valence-electron chi connectivity index (χ1n) is 3.96. The van der Waals surface area contributed by atoms with Gasteiger partial charge < -0.3 is 5.32 Å². The lowest BCUT2D eigenvalue weighted by Crippen LogP contribution is -2.41. The number of amides is 1. The Morgan fingerprint density at radius 3 is 2.83 bits per heavy atom.